The van der Waals surface area contributed by atoms with Crippen molar-refractivity contribution in [3.8, 4) is 0 Å². The summed E-state index contributed by atoms with van der Waals surface area (Å²) in [5, 5.41) is 10.3. The van der Waals surface area contributed by atoms with Gasteiger partial charge in [0.15, 0.2) is 6.29 Å². The van der Waals surface area contributed by atoms with E-state index in [4.69, 9.17) is 0 Å². The summed E-state index contributed by atoms with van der Waals surface area (Å²) in [6.07, 6.45) is -4.08. The van der Waals surface area contributed by atoms with Gasteiger partial charge in [0.2, 0.25) is 0 Å². The molecule has 0 saturated carbocycles. The highest BCUT2D eigenvalue weighted by Gasteiger charge is 2.37. The highest BCUT2D eigenvalue weighted by atomic mass is 19.4. The van der Waals surface area contributed by atoms with Crippen molar-refractivity contribution >= 4 is 12.0 Å². The highest BCUT2D eigenvalue weighted by Crippen LogP contribution is 2.33. The van der Waals surface area contributed by atoms with Gasteiger partial charge in [-0.05, 0) is 0 Å². The maximum absolute atomic E-state index is 12.3. The Morgan fingerprint density at radius 1 is 1.40 bits per heavy atom. The second-order valence-corrected chi connectivity index (χ2v) is 2.49. The van der Waals surface area contributed by atoms with Crippen molar-refractivity contribution in [1.29, 1.82) is 0 Å². The fourth-order valence-corrected chi connectivity index (χ4v) is 0.955. The number of hydrogen-bond acceptors (Lipinski definition) is 4. The van der Waals surface area contributed by atoms with Gasteiger partial charge < -0.3 is 0 Å². The number of carbonyl (C=O) groups is 1. The SMILES string of the molecule is O=Cc1c([N+](=O)[O-])cncc1C(F)(F)F. The Kier molecular flexibility index (Phi) is 2.69. The predicted molar refractivity (Wildman–Crippen MR) is 41.3 cm³/mol. The van der Waals surface area contributed by atoms with E-state index in [1.165, 1.54) is 0 Å². The molecule has 1 heterocycles. The summed E-state index contributed by atoms with van der Waals surface area (Å²) in [5.41, 5.74) is -3.38. The van der Waals surface area contributed by atoms with Gasteiger partial charge in [-0.25, -0.2) is 0 Å². The normalized spacial score (nSPS) is 11.1. The Bertz CT molecular complexity index is 416. The Labute approximate surface area is 80.7 Å². The van der Waals surface area contributed by atoms with E-state index in [-0.39, 0.29) is 6.29 Å². The lowest BCUT2D eigenvalue weighted by molar-refractivity contribution is -0.385. The molecular formula is C7H3F3N2O3. The minimum Gasteiger partial charge on any atom is -0.298 e. The first-order chi connectivity index (χ1) is 6.88. The molecule has 0 aliphatic carbocycles. The molecule has 0 fully saturated rings. The monoisotopic (exact) mass is 220 g/mol. The minimum absolute atomic E-state index is 0.206. The van der Waals surface area contributed by atoms with E-state index >= 15 is 0 Å². The van der Waals surface area contributed by atoms with E-state index < -0.39 is 27.9 Å². The minimum atomic E-state index is -4.84. The Hall–Kier alpha value is -1.99. The van der Waals surface area contributed by atoms with Gasteiger partial charge >= 0.3 is 6.18 Å². The fraction of sp³-hybridized carbons (Fsp3) is 0.143. The molecule has 1 rings (SSSR count). The summed E-state index contributed by atoms with van der Waals surface area (Å²) in [6, 6.07) is 0. The Morgan fingerprint density at radius 3 is 2.40 bits per heavy atom. The Balaban J connectivity index is 3.48. The number of rotatable bonds is 2. The van der Waals surface area contributed by atoms with E-state index in [9.17, 15) is 28.1 Å². The van der Waals surface area contributed by atoms with Crippen LogP contribution in [0.4, 0.5) is 18.9 Å². The molecule has 0 bridgehead atoms. The van der Waals surface area contributed by atoms with Gasteiger partial charge in [0.1, 0.15) is 11.8 Å². The first-order valence-electron chi connectivity index (χ1n) is 3.52. The van der Waals surface area contributed by atoms with Crippen LogP contribution in [0.5, 0.6) is 0 Å². The van der Waals surface area contributed by atoms with Crippen LogP contribution in [0.15, 0.2) is 12.4 Å². The second kappa shape index (κ2) is 3.64. The lowest BCUT2D eigenvalue weighted by Gasteiger charge is -2.07. The van der Waals surface area contributed by atoms with Gasteiger partial charge in [0.05, 0.1) is 10.5 Å². The van der Waals surface area contributed by atoms with Gasteiger partial charge in [-0.15, -0.1) is 0 Å². The lowest BCUT2D eigenvalue weighted by atomic mass is 10.1. The summed E-state index contributed by atoms with van der Waals surface area (Å²) in [4.78, 5) is 22.6. The lowest BCUT2D eigenvalue weighted by Crippen LogP contribution is -2.11. The molecule has 0 aliphatic heterocycles. The average molecular weight is 220 g/mol. The van der Waals surface area contributed by atoms with Gasteiger partial charge in [0.25, 0.3) is 5.69 Å². The summed E-state index contributed by atoms with van der Waals surface area (Å²) in [6.45, 7) is 0. The van der Waals surface area contributed by atoms with Gasteiger partial charge in [0, 0.05) is 6.20 Å². The van der Waals surface area contributed by atoms with Gasteiger partial charge in [-0.3, -0.25) is 19.9 Å². The van der Waals surface area contributed by atoms with Crippen molar-refractivity contribution in [3.05, 3.63) is 33.6 Å². The molecule has 0 aliphatic rings. The van der Waals surface area contributed by atoms with Crippen LogP contribution < -0.4 is 0 Å². The first-order valence-corrected chi connectivity index (χ1v) is 3.52. The number of pyridine rings is 1. The van der Waals surface area contributed by atoms with Crippen molar-refractivity contribution in [1.82, 2.24) is 4.98 Å². The van der Waals surface area contributed by atoms with Crippen molar-refractivity contribution < 1.29 is 22.9 Å². The molecule has 80 valence electrons. The Morgan fingerprint density at radius 2 is 2.00 bits per heavy atom. The summed E-state index contributed by atoms with van der Waals surface area (Å²) in [5.74, 6) is 0. The predicted octanol–water partition coefficient (Wildman–Crippen LogP) is 1.82. The molecule has 1 aromatic heterocycles. The molecule has 1 aromatic rings. The number of hydrogen-bond donors (Lipinski definition) is 0. The number of carbonyl (C=O) groups excluding carboxylic acids is 1. The van der Waals surface area contributed by atoms with E-state index in [2.05, 4.69) is 4.98 Å². The molecule has 8 heteroatoms. The smallest absolute Gasteiger partial charge is 0.298 e. The van der Waals surface area contributed by atoms with Crippen LogP contribution in [0.2, 0.25) is 0 Å². The van der Waals surface area contributed by atoms with Gasteiger partial charge in [-0.1, -0.05) is 0 Å². The number of alkyl halides is 3. The zero-order valence-corrected chi connectivity index (χ0v) is 6.99. The molecule has 0 N–H and O–H groups in total. The fourth-order valence-electron chi connectivity index (χ4n) is 0.955. The molecule has 0 amide bonds. The van der Waals surface area contributed by atoms with Crippen LogP contribution in [-0.4, -0.2) is 16.2 Å². The zero-order chi connectivity index (χ0) is 11.6. The van der Waals surface area contributed by atoms with Crippen LogP contribution in [-0.2, 0) is 6.18 Å². The summed E-state index contributed by atoms with van der Waals surface area (Å²) < 4.78 is 36.8. The third kappa shape index (κ3) is 2.09. The molecular weight excluding hydrogens is 217 g/mol. The maximum atomic E-state index is 12.3. The van der Waals surface area contributed by atoms with Crippen LogP contribution in [0.25, 0.3) is 0 Å². The molecule has 5 nitrogen and oxygen atoms in total. The van der Waals surface area contributed by atoms with Crippen LogP contribution >= 0.6 is 0 Å². The zero-order valence-electron chi connectivity index (χ0n) is 6.99. The molecule has 0 unspecified atom stereocenters. The molecule has 0 atom stereocenters. The average Bonchev–Trinajstić information content (AvgIpc) is 2.15. The summed E-state index contributed by atoms with van der Waals surface area (Å²) in [7, 11) is 0. The van der Waals surface area contributed by atoms with E-state index in [1.54, 1.807) is 0 Å². The third-order valence-electron chi connectivity index (χ3n) is 1.59. The molecule has 0 aromatic carbocycles. The number of nitro groups is 1. The number of nitrogens with zero attached hydrogens (tertiary/aromatic N) is 2. The first kappa shape index (κ1) is 11.1. The standard InChI is InChI=1S/C7H3F3N2O3/c8-7(9,10)5-1-11-2-6(12(14)15)4(5)3-13/h1-3H. The van der Waals surface area contributed by atoms with E-state index in [0.29, 0.717) is 12.4 Å². The van der Waals surface area contributed by atoms with Crippen LogP contribution in [0.1, 0.15) is 15.9 Å². The van der Waals surface area contributed by atoms with E-state index in [0.717, 1.165) is 0 Å². The van der Waals surface area contributed by atoms with Crippen molar-refractivity contribution in [3.63, 3.8) is 0 Å². The van der Waals surface area contributed by atoms with Crippen molar-refractivity contribution in [2.24, 2.45) is 0 Å². The third-order valence-corrected chi connectivity index (χ3v) is 1.59. The molecule has 0 spiro atoms. The number of aldehydes is 1. The summed E-state index contributed by atoms with van der Waals surface area (Å²) >= 11 is 0. The maximum Gasteiger partial charge on any atom is 0.418 e. The van der Waals surface area contributed by atoms with Crippen LogP contribution in [0.3, 0.4) is 0 Å². The van der Waals surface area contributed by atoms with Crippen molar-refractivity contribution in [2.75, 3.05) is 0 Å². The van der Waals surface area contributed by atoms with Gasteiger partial charge in [-0.2, -0.15) is 13.2 Å². The topological polar surface area (TPSA) is 73.1 Å². The molecule has 15 heavy (non-hydrogen) atoms. The molecule has 0 radical (unpaired) electrons. The number of halogens is 3. The molecule has 0 saturated heterocycles. The van der Waals surface area contributed by atoms with Crippen molar-refractivity contribution in [2.45, 2.75) is 6.18 Å². The highest BCUT2D eigenvalue weighted by molar-refractivity contribution is 5.83. The largest absolute Gasteiger partial charge is 0.418 e. The van der Waals surface area contributed by atoms with E-state index in [1.807, 2.05) is 0 Å². The van der Waals surface area contributed by atoms with Crippen LogP contribution in [0, 0.1) is 10.1 Å². The second-order valence-electron chi connectivity index (χ2n) is 2.49. The number of aromatic nitrogens is 1. The quantitative estimate of drug-likeness (QED) is 0.433.